The van der Waals surface area contributed by atoms with Crippen LogP contribution in [0.1, 0.15) is 57.6 Å². The number of unbranched alkanes of at least 4 members (excludes halogenated alkanes) is 1. The van der Waals surface area contributed by atoms with Crippen LogP contribution in [0.2, 0.25) is 5.02 Å². The first kappa shape index (κ1) is 14.5. The van der Waals surface area contributed by atoms with Gasteiger partial charge in [-0.3, -0.25) is 4.98 Å². The highest BCUT2D eigenvalue weighted by atomic mass is 35.5. The highest BCUT2D eigenvalue weighted by Gasteiger charge is 2.15. The fourth-order valence-corrected chi connectivity index (χ4v) is 2.41. The minimum Gasteiger partial charge on any atom is -0.324 e. The molecule has 2 unspecified atom stereocenters. The van der Waals surface area contributed by atoms with E-state index in [1.54, 1.807) is 12.4 Å². The summed E-state index contributed by atoms with van der Waals surface area (Å²) >= 11 is 6.11. The quantitative estimate of drug-likeness (QED) is 0.786. The number of nitrogens with two attached hydrogens (primary N) is 1. The summed E-state index contributed by atoms with van der Waals surface area (Å²) in [6.07, 6.45) is 9.44. The van der Waals surface area contributed by atoms with Crippen molar-refractivity contribution in [3.05, 3.63) is 29.0 Å². The number of aromatic nitrogens is 1. The van der Waals surface area contributed by atoms with Gasteiger partial charge in [0.05, 0.1) is 5.02 Å². The SMILES string of the molecule is CCCCC(CC)CC(N)c1ccncc1Cl. The van der Waals surface area contributed by atoms with Gasteiger partial charge in [-0.15, -0.1) is 0 Å². The molecule has 0 saturated carbocycles. The molecule has 1 aromatic rings. The van der Waals surface area contributed by atoms with Crippen LogP contribution in [0.5, 0.6) is 0 Å². The predicted molar refractivity (Wildman–Crippen MR) is 74.1 cm³/mol. The molecule has 0 radical (unpaired) electrons. The predicted octanol–water partition coefficient (Wildman–Crippen LogP) is 4.34. The smallest absolute Gasteiger partial charge is 0.0637 e. The summed E-state index contributed by atoms with van der Waals surface area (Å²) < 4.78 is 0. The molecular formula is C14H23ClN2. The third kappa shape index (κ3) is 4.64. The van der Waals surface area contributed by atoms with Crippen molar-refractivity contribution in [1.29, 1.82) is 0 Å². The van der Waals surface area contributed by atoms with Crippen LogP contribution in [0.4, 0.5) is 0 Å². The Hall–Kier alpha value is -0.600. The summed E-state index contributed by atoms with van der Waals surface area (Å²) in [7, 11) is 0. The van der Waals surface area contributed by atoms with Crippen molar-refractivity contribution in [1.82, 2.24) is 4.98 Å². The van der Waals surface area contributed by atoms with Crippen LogP contribution in [0.15, 0.2) is 18.5 Å². The molecule has 2 nitrogen and oxygen atoms in total. The van der Waals surface area contributed by atoms with E-state index in [1.165, 1.54) is 25.7 Å². The van der Waals surface area contributed by atoms with Crippen molar-refractivity contribution in [2.45, 2.75) is 52.0 Å². The molecule has 96 valence electrons. The standard InChI is InChI=1S/C14H23ClN2/c1-3-5-6-11(4-2)9-14(16)12-7-8-17-10-13(12)15/h7-8,10-11,14H,3-6,9,16H2,1-2H3. The third-order valence-electron chi connectivity index (χ3n) is 3.33. The van der Waals surface area contributed by atoms with E-state index in [2.05, 4.69) is 18.8 Å². The minimum atomic E-state index is 0.0345. The van der Waals surface area contributed by atoms with Gasteiger partial charge in [0, 0.05) is 18.4 Å². The molecule has 0 saturated heterocycles. The maximum atomic E-state index is 6.23. The van der Waals surface area contributed by atoms with Crippen molar-refractivity contribution in [2.24, 2.45) is 11.7 Å². The molecule has 0 aliphatic heterocycles. The first-order valence-electron chi connectivity index (χ1n) is 6.54. The van der Waals surface area contributed by atoms with Gasteiger partial charge >= 0.3 is 0 Å². The summed E-state index contributed by atoms with van der Waals surface area (Å²) in [6, 6.07) is 1.96. The molecule has 1 aromatic heterocycles. The number of pyridine rings is 1. The Morgan fingerprint density at radius 3 is 2.76 bits per heavy atom. The molecule has 1 heterocycles. The second-order valence-corrected chi connectivity index (χ2v) is 5.06. The van der Waals surface area contributed by atoms with Crippen LogP contribution in [0, 0.1) is 5.92 Å². The Morgan fingerprint density at radius 2 is 2.18 bits per heavy atom. The summed E-state index contributed by atoms with van der Waals surface area (Å²) in [5.41, 5.74) is 7.26. The summed E-state index contributed by atoms with van der Waals surface area (Å²) in [5.74, 6) is 0.703. The highest BCUT2D eigenvalue weighted by molar-refractivity contribution is 6.31. The van der Waals surface area contributed by atoms with Gasteiger partial charge in [-0.05, 0) is 24.0 Å². The maximum Gasteiger partial charge on any atom is 0.0637 e. The van der Waals surface area contributed by atoms with Crippen LogP contribution in [-0.4, -0.2) is 4.98 Å². The van der Waals surface area contributed by atoms with Crippen molar-refractivity contribution in [3.63, 3.8) is 0 Å². The van der Waals surface area contributed by atoms with E-state index in [0.29, 0.717) is 10.9 Å². The number of rotatable bonds is 7. The van der Waals surface area contributed by atoms with Gasteiger partial charge in [-0.1, -0.05) is 51.1 Å². The Kier molecular flexibility index (Phi) is 6.53. The zero-order valence-corrected chi connectivity index (χ0v) is 11.6. The molecule has 2 N–H and O–H groups in total. The number of halogens is 1. The third-order valence-corrected chi connectivity index (χ3v) is 3.65. The molecule has 1 rings (SSSR count). The van der Waals surface area contributed by atoms with Crippen molar-refractivity contribution >= 4 is 11.6 Å². The Balaban J connectivity index is 2.58. The molecule has 17 heavy (non-hydrogen) atoms. The van der Waals surface area contributed by atoms with E-state index >= 15 is 0 Å². The zero-order chi connectivity index (χ0) is 12.7. The largest absolute Gasteiger partial charge is 0.324 e. The van der Waals surface area contributed by atoms with Gasteiger partial charge in [-0.25, -0.2) is 0 Å². The Morgan fingerprint density at radius 1 is 1.41 bits per heavy atom. The molecule has 2 atom stereocenters. The molecule has 3 heteroatoms. The lowest BCUT2D eigenvalue weighted by molar-refractivity contribution is 0.388. The molecule has 0 aromatic carbocycles. The summed E-state index contributed by atoms with van der Waals surface area (Å²) in [4.78, 5) is 3.99. The first-order chi connectivity index (χ1) is 8.19. The number of hydrogen-bond acceptors (Lipinski definition) is 2. The minimum absolute atomic E-state index is 0.0345. The Bertz CT molecular complexity index is 328. The second kappa shape index (κ2) is 7.67. The monoisotopic (exact) mass is 254 g/mol. The average molecular weight is 255 g/mol. The van der Waals surface area contributed by atoms with E-state index in [9.17, 15) is 0 Å². The van der Waals surface area contributed by atoms with Crippen LogP contribution < -0.4 is 5.73 Å². The maximum absolute atomic E-state index is 6.23. The lowest BCUT2D eigenvalue weighted by atomic mass is 9.90. The number of nitrogens with zero attached hydrogens (tertiary/aromatic N) is 1. The molecule has 0 aliphatic rings. The van der Waals surface area contributed by atoms with Crippen molar-refractivity contribution in [2.75, 3.05) is 0 Å². The lowest BCUT2D eigenvalue weighted by Crippen LogP contribution is -2.16. The fraction of sp³-hybridized carbons (Fsp3) is 0.643. The zero-order valence-electron chi connectivity index (χ0n) is 10.8. The van der Waals surface area contributed by atoms with Crippen molar-refractivity contribution < 1.29 is 0 Å². The normalized spacial score (nSPS) is 14.6. The molecule has 0 aliphatic carbocycles. The first-order valence-corrected chi connectivity index (χ1v) is 6.91. The van der Waals surface area contributed by atoms with Crippen LogP contribution in [-0.2, 0) is 0 Å². The average Bonchev–Trinajstić information content (AvgIpc) is 2.34. The van der Waals surface area contributed by atoms with Crippen molar-refractivity contribution in [3.8, 4) is 0 Å². The van der Waals surface area contributed by atoms with E-state index in [-0.39, 0.29) is 6.04 Å². The molecule has 0 fully saturated rings. The second-order valence-electron chi connectivity index (χ2n) is 4.66. The Labute approximate surface area is 110 Å². The summed E-state index contributed by atoms with van der Waals surface area (Å²) in [6.45, 7) is 4.47. The van der Waals surface area contributed by atoms with E-state index in [4.69, 9.17) is 17.3 Å². The van der Waals surface area contributed by atoms with E-state index < -0.39 is 0 Å². The lowest BCUT2D eigenvalue weighted by Gasteiger charge is -2.20. The van der Waals surface area contributed by atoms with Gasteiger partial charge in [-0.2, -0.15) is 0 Å². The van der Waals surface area contributed by atoms with Gasteiger partial charge in [0.2, 0.25) is 0 Å². The summed E-state index contributed by atoms with van der Waals surface area (Å²) in [5, 5.41) is 0.686. The molecule has 0 spiro atoms. The van der Waals surface area contributed by atoms with Gasteiger partial charge < -0.3 is 5.73 Å². The van der Waals surface area contributed by atoms with Gasteiger partial charge in [0.1, 0.15) is 0 Å². The van der Waals surface area contributed by atoms with Gasteiger partial charge in [0.25, 0.3) is 0 Å². The fourth-order valence-electron chi connectivity index (χ4n) is 2.15. The topological polar surface area (TPSA) is 38.9 Å². The van der Waals surface area contributed by atoms with Gasteiger partial charge in [0.15, 0.2) is 0 Å². The number of hydrogen-bond donors (Lipinski definition) is 1. The van der Waals surface area contributed by atoms with Crippen LogP contribution in [0.3, 0.4) is 0 Å². The molecule has 0 amide bonds. The van der Waals surface area contributed by atoms with E-state index in [0.717, 1.165) is 12.0 Å². The molecular weight excluding hydrogens is 232 g/mol. The van der Waals surface area contributed by atoms with Crippen LogP contribution >= 0.6 is 11.6 Å². The van der Waals surface area contributed by atoms with E-state index in [1.807, 2.05) is 6.07 Å². The highest BCUT2D eigenvalue weighted by Crippen LogP contribution is 2.28. The molecule has 0 bridgehead atoms. The van der Waals surface area contributed by atoms with Crippen LogP contribution in [0.25, 0.3) is 0 Å².